The number of alkyl halides is 3. The molecule has 10 heteroatoms. The van der Waals surface area contributed by atoms with Crippen molar-refractivity contribution in [3.8, 4) is 5.75 Å². The largest absolute Gasteiger partial charge is 0.473 e. The van der Waals surface area contributed by atoms with Crippen LogP contribution in [-0.4, -0.2) is 28.1 Å². The van der Waals surface area contributed by atoms with E-state index < -0.39 is 35.6 Å². The van der Waals surface area contributed by atoms with Crippen LogP contribution in [-0.2, 0) is 4.79 Å². The van der Waals surface area contributed by atoms with Crippen molar-refractivity contribution in [2.75, 3.05) is 0 Å². The first-order valence-electron chi connectivity index (χ1n) is 8.11. The van der Waals surface area contributed by atoms with Gasteiger partial charge in [0.15, 0.2) is 5.75 Å². The second kappa shape index (κ2) is 7.47. The number of aromatic nitrogens is 2. The SMILES string of the molecule is NC(=O)[C@@H]1CC[C@H](c2ncc(OC(c3ccccc3F)C(F)(F)F)cn2)N1. The lowest BCUT2D eigenvalue weighted by Crippen LogP contribution is -2.37. The molecular weight excluding hydrogens is 368 g/mol. The summed E-state index contributed by atoms with van der Waals surface area (Å²) in [5.41, 5.74) is 4.60. The maximum absolute atomic E-state index is 13.8. The van der Waals surface area contributed by atoms with Gasteiger partial charge in [-0.1, -0.05) is 18.2 Å². The highest BCUT2D eigenvalue weighted by atomic mass is 19.4. The summed E-state index contributed by atoms with van der Waals surface area (Å²) in [4.78, 5) is 19.2. The van der Waals surface area contributed by atoms with Crippen molar-refractivity contribution in [3.63, 3.8) is 0 Å². The lowest BCUT2D eigenvalue weighted by atomic mass is 10.1. The third-order valence-corrected chi connectivity index (χ3v) is 4.19. The van der Waals surface area contributed by atoms with Crippen LogP contribution in [0.25, 0.3) is 0 Å². The Morgan fingerprint density at radius 3 is 2.44 bits per heavy atom. The van der Waals surface area contributed by atoms with Crippen molar-refractivity contribution in [2.24, 2.45) is 5.73 Å². The Bertz CT molecular complexity index is 813. The molecule has 3 rings (SSSR count). The van der Waals surface area contributed by atoms with Gasteiger partial charge in [-0.05, 0) is 18.9 Å². The molecule has 1 aromatic heterocycles. The number of rotatable bonds is 5. The van der Waals surface area contributed by atoms with Gasteiger partial charge in [0.2, 0.25) is 12.0 Å². The summed E-state index contributed by atoms with van der Waals surface area (Å²) in [7, 11) is 0. The van der Waals surface area contributed by atoms with Crippen LogP contribution in [0.2, 0.25) is 0 Å². The Morgan fingerprint density at radius 2 is 1.89 bits per heavy atom. The van der Waals surface area contributed by atoms with E-state index in [1.807, 2.05) is 0 Å². The Morgan fingerprint density at radius 1 is 1.22 bits per heavy atom. The fourth-order valence-electron chi connectivity index (χ4n) is 2.87. The van der Waals surface area contributed by atoms with Crippen molar-refractivity contribution in [2.45, 2.75) is 37.2 Å². The van der Waals surface area contributed by atoms with E-state index in [0.29, 0.717) is 18.7 Å². The van der Waals surface area contributed by atoms with E-state index in [-0.39, 0.29) is 11.8 Å². The molecular formula is C17H16F4N4O2. The van der Waals surface area contributed by atoms with Gasteiger partial charge < -0.3 is 10.5 Å². The number of nitrogens with zero attached hydrogens (tertiary/aromatic N) is 2. The third kappa shape index (κ3) is 4.33. The highest BCUT2D eigenvalue weighted by Crippen LogP contribution is 2.37. The fourth-order valence-corrected chi connectivity index (χ4v) is 2.87. The van der Waals surface area contributed by atoms with Crippen molar-refractivity contribution in [3.05, 3.63) is 53.9 Å². The quantitative estimate of drug-likeness (QED) is 0.774. The van der Waals surface area contributed by atoms with Crippen LogP contribution >= 0.6 is 0 Å². The van der Waals surface area contributed by atoms with Crippen LogP contribution in [0.5, 0.6) is 5.75 Å². The number of hydrogen-bond donors (Lipinski definition) is 2. The van der Waals surface area contributed by atoms with Crippen LogP contribution < -0.4 is 15.8 Å². The maximum Gasteiger partial charge on any atom is 0.429 e. The molecule has 1 fully saturated rings. The fraction of sp³-hybridized carbons (Fsp3) is 0.353. The van der Waals surface area contributed by atoms with Crippen LogP contribution in [0.1, 0.15) is 36.4 Å². The van der Waals surface area contributed by atoms with Gasteiger partial charge in [0.05, 0.1) is 24.5 Å². The molecule has 0 saturated carbocycles. The molecule has 0 bridgehead atoms. The first-order valence-corrected chi connectivity index (χ1v) is 8.11. The Balaban J connectivity index is 1.76. The minimum atomic E-state index is -4.83. The zero-order valence-corrected chi connectivity index (χ0v) is 13.9. The number of primary amides is 1. The van der Waals surface area contributed by atoms with Gasteiger partial charge in [-0.3, -0.25) is 10.1 Å². The first-order chi connectivity index (χ1) is 12.8. The molecule has 1 aliphatic heterocycles. The number of hydrogen-bond acceptors (Lipinski definition) is 5. The number of ether oxygens (including phenoxy) is 1. The second-order valence-corrected chi connectivity index (χ2v) is 6.09. The van der Waals surface area contributed by atoms with E-state index in [9.17, 15) is 22.4 Å². The molecule has 1 aromatic carbocycles. The summed E-state index contributed by atoms with van der Waals surface area (Å²) in [6.45, 7) is 0. The normalized spacial score (nSPS) is 21.0. The summed E-state index contributed by atoms with van der Waals surface area (Å²) in [6, 6.07) is 3.69. The Hall–Kier alpha value is -2.75. The molecule has 2 heterocycles. The van der Waals surface area contributed by atoms with Crippen LogP contribution in [0.3, 0.4) is 0 Å². The number of nitrogens with two attached hydrogens (primary N) is 1. The molecule has 2 aromatic rings. The lowest BCUT2D eigenvalue weighted by Gasteiger charge is -2.22. The summed E-state index contributed by atoms with van der Waals surface area (Å²) in [5.74, 6) is -1.46. The molecule has 1 amide bonds. The van der Waals surface area contributed by atoms with E-state index in [2.05, 4.69) is 15.3 Å². The van der Waals surface area contributed by atoms with E-state index in [4.69, 9.17) is 10.5 Å². The van der Waals surface area contributed by atoms with E-state index >= 15 is 0 Å². The summed E-state index contributed by atoms with van der Waals surface area (Å²) in [6.07, 6.45) is -4.07. The lowest BCUT2D eigenvalue weighted by molar-refractivity contribution is -0.198. The van der Waals surface area contributed by atoms with E-state index in [1.165, 1.54) is 12.1 Å². The molecule has 1 unspecified atom stereocenters. The third-order valence-electron chi connectivity index (χ3n) is 4.19. The predicted octanol–water partition coefficient (Wildman–Crippen LogP) is 2.58. The molecule has 0 radical (unpaired) electrons. The minimum Gasteiger partial charge on any atom is -0.473 e. The van der Waals surface area contributed by atoms with E-state index in [0.717, 1.165) is 24.5 Å². The summed E-state index contributed by atoms with van der Waals surface area (Å²) >= 11 is 0. The number of amides is 1. The Kier molecular flexibility index (Phi) is 5.26. The average molecular weight is 384 g/mol. The number of carbonyl (C=O) groups excluding carboxylic acids is 1. The van der Waals surface area contributed by atoms with Gasteiger partial charge in [-0.25, -0.2) is 14.4 Å². The van der Waals surface area contributed by atoms with Gasteiger partial charge in [-0.2, -0.15) is 13.2 Å². The van der Waals surface area contributed by atoms with Gasteiger partial charge >= 0.3 is 6.18 Å². The van der Waals surface area contributed by atoms with Crippen molar-refractivity contribution in [1.82, 2.24) is 15.3 Å². The highest BCUT2D eigenvalue weighted by molar-refractivity contribution is 5.80. The Labute approximate surface area is 151 Å². The number of halogens is 4. The zero-order chi connectivity index (χ0) is 19.6. The van der Waals surface area contributed by atoms with Crippen LogP contribution in [0.4, 0.5) is 17.6 Å². The minimum absolute atomic E-state index is 0.256. The molecule has 6 nitrogen and oxygen atoms in total. The molecule has 3 N–H and O–H groups in total. The smallest absolute Gasteiger partial charge is 0.429 e. The topological polar surface area (TPSA) is 90.1 Å². The molecule has 144 valence electrons. The number of benzene rings is 1. The predicted molar refractivity (Wildman–Crippen MR) is 85.9 cm³/mol. The monoisotopic (exact) mass is 384 g/mol. The summed E-state index contributed by atoms with van der Waals surface area (Å²) < 4.78 is 58.7. The van der Waals surface area contributed by atoms with Gasteiger partial charge in [0, 0.05) is 5.56 Å². The molecule has 1 saturated heterocycles. The van der Waals surface area contributed by atoms with Crippen molar-refractivity contribution >= 4 is 5.91 Å². The first kappa shape index (κ1) is 19.0. The maximum atomic E-state index is 13.8. The van der Waals surface area contributed by atoms with Gasteiger partial charge in [-0.15, -0.1) is 0 Å². The van der Waals surface area contributed by atoms with Gasteiger partial charge in [0.1, 0.15) is 11.6 Å². The number of carbonyl (C=O) groups is 1. The highest BCUT2D eigenvalue weighted by Gasteiger charge is 2.44. The van der Waals surface area contributed by atoms with Gasteiger partial charge in [0.25, 0.3) is 0 Å². The average Bonchev–Trinajstić information content (AvgIpc) is 3.10. The zero-order valence-electron chi connectivity index (χ0n) is 13.9. The molecule has 1 aliphatic rings. The van der Waals surface area contributed by atoms with Crippen molar-refractivity contribution < 1.29 is 27.1 Å². The second-order valence-electron chi connectivity index (χ2n) is 6.09. The molecule has 27 heavy (non-hydrogen) atoms. The summed E-state index contributed by atoms with van der Waals surface area (Å²) in [5, 5.41) is 2.95. The number of nitrogens with one attached hydrogen (secondary N) is 1. The standard InChI is InChI=1S/C17H16F4N4O2/c18-11-4-2-1-3-10(11)14(17(19,20)21)27-9-7-23-16(24-8-9)13-6-5-12(25-13)15(22)26/h1-4,7-8,12-14,25H,5-6H2,(H2,22,26)/t12-,13+,14?/m0/s1. The van der Waals surface area contributed by atoms with Crippen molar-refractivity contribution in [1.29, 1.82) is 0 Å². The molecule has 3 atom stereocenters. The molecule has 0 aliphatic carbocycles. The van der Waals surface area contributed by atoms with Crippen LogP contribution in [0, 0.1) is 5.82 Å². The van der Waals surface area contributed by atoms with E-state index in [1.54, 1.807) is 0 Å². The molecule has 0 spiro atoms. The van der Waals surface area contributed by atoms with Crippen LogP contribution in [0.15, 0.2) is 36.7 Å².